The number of H-pyrrole nitrogens is 1. The Morgan fingerprint density at radius 2 is 1.78 bits per heavy atom. The number of imidazole rings is 1. The van der Waals surface area contributed by atoms with E-state index in [2.05, 4.69) is 28.1 Å². The Labute approximate surface area is 175 Å². The van der Waals surface area contributed by atoms with Crippen LogP contribution in [0.2, 0.25) is 0 Å². The van der Waals surface area contributed by atoms with Gasteiger partial charge in [-0.1, -0.05) is 0 Å². The second kappa shape index (κ2) is 8.66. The summed E-state index contributed by atoms with van der Waals surface area (Å²) in [6.45, 7) is -1.01. The average molecular weight is 524 g/mol. The molecule has 1 aliphatic heterocycles. The number of hydrogen-bond acceptors (Lipinski definition) is 13. The summed E-state index contributed by atoms with van der Waals surface area (Å²) in [4.78, 5) is 57.3. The normalized spacial score (nSPS) is 27.9. The summed E-state index contributed by atoms with van der Waals surface area (Å²) in [7, 11) is -16.8. The standard InChI is InChI=1S/C10H16N5O14P3/c11-10-13-7-4(8(18)14-10)12-2-15(7)9-6(17)5(16)3(27-9)1-26-31(22,23)29-32(24,25)28-30(19,20)21/h2-3,5-6,9,16-17H,1H2,(H,22,23)(H,24,25)(H2,19,20,21)(H3,11,13,14,18)/t3-,5-,6-,9-/m1/s1/i30+1. The van der Waals surface area contributed by atoms with Crippen LogP contribution in [0.1, 0.15) is 6.23 Å². The van der Waals surface area contributed by atoms with Crippen molar-refractivity contribution >= 4 is 40.6 Å². The summed E-state index contributed by atoms with van der Waals surface area (Å²) in [6, 6.07) is 0. The van der Waals surface area contributed by atoms with E-state index in [0.29, 0.717) is 0 Å². The van der Waals surface area contributed by atoms with Crippen molar-refractivity contribution in [2.45, 2.75) is 24.5 Å². The van der Waals surface area contributed by atoms with Crippen molar-refractivity contribution in [1.29, 1.82) is 0 Å². The van der Waals surface area contributed by atoms with Crippen molar-refractivity contribution in [3.05, 3.63) is 16.7 Å². The van der Waals surface area contributed by atoms with Crippen LogP contribution < -0.4 is 11.3 Å². The zero-order valence-electron chi connectivity index (χ0n) is 15.3. The molecule has 0 amide bonds. The highest BCUT2D eigenvalue weighted by Crippen LogP contribution is 2.66. The summed E-state index contributed by atoms with van der Waals surface area (Å²) in [5, 5.41) is 20.4. The van der Waals surface area contributed by atoms with E-state index in [1.165, 1.54) is 0 Å². The Hall–Kier alpha value is -1.56. The molecule has 2 unspecified atom stereocenters. The lowest BCUT2D eigenvalue weighted by atomic mass is 10.1. The van der Waals surface area contributed by atoms with E-state index < -0.39 is 60.2 Å². The molecule has 3 heterocycles. The van der Waals surface area contributed by atoms with Crippen LogP contribution in [0.25, 0.3) is 11.2 Å². The molecule has 0 saturated carbocycles. The quantitative estimate of drug-likeness (QED) is 0.168. The van der Waals surface area contributed by atoms with Gasteiger partial charge in [-0.3, -0.25) is 18.9 Å². The molecule has 1 saturated heterocycles. The highest BCUT2D eigenvalue weighted by Gasteiger charge is 2.47. The van der Waals surface area contributed by atoms with Gasteiger partial charge in [0.05, 0.1) is 12.9 Å². The van der Waals surface area contributed by atoms with Crippen LogP contribution >= 0.6 is 23.5 Å². The number of nitrogens with one attached hydrogen (secondary N) is 1. The molecule has 2 aromatic heterocycles. The van der Waals surface area contributed by atoms with Crippen molar-refractivity contribution in [2.24, 2.45) is 0 Å². The molecule has 6 atom stereocenters. The average Bonchev–Trinajstić information content (AvgIpc) is 3.12. The molecule has 32 heavy (non-hydrogen) atoms. The number of nitrogen functional groups attached to an aromatic ring is 1. The molecule has 19 nitrogen and oxygen atoms in total. The number of phosphoric acid groups is 3. The van der Waals surface area contributed by atoms with Gasteiger partial charge in [0.25, 0.3) is 5.56 Å². The van der Waals surface area contributed by atoms with Crippen molar-refractivity contribution in [3.63, 3.8) is 0 Å². The number of aromatic amines is 1. The Bertz CT molecular complexity index is 1210. The van der Waals surface area contributed by atoms with Gasteiger partial charge >= 0.3 is 23.5 Å². The topological polar surface area (TPSA) is 299 Å². The first kappa shape index (κ1) is 25.1. The summed E-state index contributed by atoms with van der Waals surface area (Å²) in [5.41, 5.74) is 4.50. The maximum Gasteiger partial charge on any atom is 0.490 e. The number of anilines is 1. The highest BCUT2D eigenvalue weighted by molar-refractivity contribution is 7.66. The van der Waals surface area contributed by atoms with Crippen molar-refractivity contribution in [3.8, 4) is 0 Å². The molecule has 0 radical (unpaired) electrons. The van der Waals surface area contributed by atoms with Gasteiger partial charge in [-0.15, -0.1) is 0 Å². The fraction of sp³-hybridized carbons (Fsp3) is 0.500. The predicted octanol–water partition coefficient (Wildman–Crippen LogP) is -2.34. The first-order chi connectivity index (χ1) is 14.6. The Kier molecular flexibility index (Phi) is 6.78. The number of hydrogen-bond donors (Lipinski definition) is 8. The number of nitrogens with two attached hydrogens (primary N) is 1. The molecule has 1 fully saturated rings. The van der Waals surface area contributed by atoms with Crippen LogP contribution in [0, 0.1) is 0 Å². The Balaban J connectivity index is 1.72. The molecule has 1 aliphatic rings. The number of phosphoric ester groups is 1. The maximum absolute atomic E-state index is 11.9. The van der Waals surface area contributed by atoms with Crippen LogP contribution in [-0.2, 0) is 31.6 Å². The molecular formula is C10H16N5O14P3. The van der Waals surface area contributed by atoms with Crippen LogP contribution in [0.5, 0.6) is 0 Å². The maximum atomic E-state index is 11.9. The van der Waals surface area contributed by atoms with Gasteiger partial charge in [-0.25, -0.2) is 18.7 Å². The van der Waals surface area contributed by atoms with Gasteiger partial charge in [0.2, 0.25) is 5.95 Å². The second-order valence-electron chi connectivity index (χ2n) is 6.21. The number of rotatable bonds is 8. The molecule has 0 bridgehead atoms. The summed E-state index contributed by atoms with van der Waals surface area (Å²) >= 11 is 0. The van der Waals surface area contributed by atoms with E-state index in [9.17, 15) is 33.6 Å². The number of aromatic nitrogens is 4. The third-order valence-corrected chi connectivity index (χ3v) is 7.68. The van der Waals surface area contributed by atoms with E-state index in [0.717, 1.165) is 10.9 Å². The first-order valence-corrected chi connectivity index (χ1v) is 12.6. The molecular weight excluding hydrogens is 508 g/mol. The molecule has 9 N–H and O–H groups in total. The largest absolute Gasteiger partial charge is 0.490 e. The SMILES string of the molecule is Nc1nc2c(ncn2[C@@H]2O[C@H](COP(=O)(O)OP(=O)(O)O[32P](=O)(O)O)[C@@H](O)[C@H]2O)c(=O)[nH]1. The molecule has 2 aromatic rings. The molecule has 180 valence electrons. The number of aliphatic hydroxyl groups is 2. The van der Waals surface area contributed by atoms with Crippen LogP contribution in [0.3, 0.4) is 0 Å². The lowest BCUT2D eigenvalue weighted by Crippen LogP contribution is -2.33. The first-order valence-electron chi connectivity index (χ1n) is 8.11. The second-order valence-corrected chi connectivity index (χ2v) is 10.6. The van der Waals surface area contributed by atoms with E-state index in [-0.39, 0.29) is 17.1 Å². The minimum Gasteiger partial charge on any atom is -0.387 e. The third-order valence-electron chi connectivity index (χ3n) is 3.88. The molecule has 3 rings (SSSR count). The molecule has 22 heteroatoms. The minimum atomic E-state index is -5.73. The van der Waals surface area contributed by atoms with Crippen LogP contribution in [0.15, 0.2) is 11.1 Å². The Morgan fingerprint density at radius 3 is 2.41 bits per heavy atom. The van der Waals surface area contributed by atoms with Crippen LogP contribution in [0.4, 0.5) is 5.95 Å². The highest BCUT2D eigenvalue weighted by atomic mass is 32.2. The number of nitrogens with zero attached hydrogens (tertiary/aromatic N) is 3. The van der Waals surface area contributed by atoms with E-state index in [1.54, 1.807) is 0 Å². The molecule has 0 aromatic carbocycles. The lowest BCUT2D eigenvalue weighted by Gasteiger charge is -2.19. The van der Waals surface area contributed by atoms with Gasteiger partial charge in [0.1, 0.15) is 18.3 Å². The van der Waals surface area contributed by atoms with Crippen molar-refractivity contribution < 1.29 is 61.4 Å². The summed E-state index contributed by atoms with van der Waals surface area (Å²) < 4.78 is 51.6. The van der Waals surface area contributed by atoms with E-state index >= 15 is 0 Å². The number of fused-ring (bicyclic) bond motifs is 1. The number of aliphatic hydroxyl groups excluding tert-OH is 2. The lowest BCUT2D eigenvalue weighted by molar-refractivity contribution is -0.0503. The zero-order valence-corrected chi connectivity index (χ0v) is 18.0. The third kappa shape index (κ3) is 5.67. The van der Waals surface area contributed by atoms with Gasteiger partial charge in [-0.05, 0) is 0 Å². The zero-order chi connectivity index (χ0) is 24.1. The van der Waals surface area contributed by atoms with Gasteiger partial charge in [-0.2, -0.15) is 13.6 Å². The van der Waals surface area contributed by atoms with Gasteiger partial charge < -0.3 is 40.3 Å². The van der Waals surface area contributed by atoms with Crippen molar-refractivity contribution in [2.75, 3.05) is 12.3 Å². The van der Waals surface area contributed by atoms with E-state index in [4.69, 9.17) is 25.2 Å². The van der Waals surface area contributed by atoms with E-state index in [1.807, 2.05) is 0 Å². The number of ether oxygens (including phenoxy) is 1. The fourth-order valence-corrected chi connectivity index (χ4v) is 5.73. The minimum absolute atomic E-state index is 0.115. The fourth-order valence-electron chi connectivity index (χ4n) is 2.70. The smallest absolute Gasteiger partial charge is 0.387 e. The van der Waals surface area contributed by atoms with Gasteiger partial charge in [0, 0.05) is 0 Å². The monoisotopic (exact) mass is 524 g/mol. The summed E-state index contributed by atoms with van der Waals surface area (Å²) in [6.07, 6.45) is -5.33. The predicted molar refractivity (Wildman–Crippen MR) is 98.3 cm³/mol. The van der Waals surface area contributed by atoms with Gasteiger partial charge in [0.15, 0.2) is 17.4 Å². The van der Waals surface area contributed by atoms with Crippen LogP contribution in [-0.4, -0.2) is 74.2 Å². The Morgan fingerprint density at radius 1 is 1.12 bits per heavy atom. The summed E-state index contributed by atoms with van der Waals surface area (Å²) in [5.74, 6) is -0.276. The molecule has 0 spiro atoms. The van der Waals surface area contributed by atoms with Crippen molar-refractivity contribution in [1.82, 2.24) is 19.5 Å². The molecule has 0 aliphatic carbocycles.